The first kappa shape index (κ1) is 8.72. The number of hydrogen-bond donors (Lipinski definition) is 1. The molecule has 1 aliphatic heterocycles. The molecule has 2 heteroatoms. The summed E-state index contributed by atoms with van der Waals surface area (Å²) in [4.78, 5) is 11.3. The number of unbranched alkanes of at least 4 members (excludes halogenated alkanes) is 1. The van der Waals surface area contributed by atoms with E-state index in [9.17, 15) is 4.79 Å². The number of ketones is 1. The molecule has 0 saturated carbocycles. The lowest BCUT2D eigenvalue weighted by molar-refractivity contribution is -0.124. The van der Waals surface area contributed by atoms with Crippen LogP contribution in [0.5, 0.6) is 0 Å². The highest BCUT2D eigenvalue weighted by molar-refractivity contribution is 5.82. The fourth-order valence-electron chi connectivity index (χ4n) is 1.52. The molecule has 1 atom stereocenters. The molecular formula is C9H17NO. The Morgan fingerprint density at radius 2 is 2.45 bits per heavy atom. The lowest BCUT2D eigenvalue weighted by Gasteiger charge is -2.20. The van der Waals surface area contributed by atoms with Gasteiger partial charge in [-0.3, -0.25) is 4.79 Å². The van der Waals surface area contributed by atoms with Crippen molar-refractivity contribution in [1.82, 2.24) is 5.32 Å². The van der Waals surface area contributed by atoms with E-state index < -0.39 is 0 Å². The number of piperidine rings is 1. The summed E-state index contributed by atoms with van der Waals surface area (Å²) in [5.74, 6) is 0.792. The molecule has 2 nitrogen and oxygen atoms in total. The van der Waals surface area contributed by atoms with Gasteiger partial charge in [0.25, 0.3) is 0 Å². The number of rotatable bonds is 3. The number of Topliss-reactive ketones (excluding diaryl/α,β-unsaturated/α-hetero) is 1. The molecule has 64 valence electrons. The Balaban J connectivity index is 2.24. The Kier molecular flexibility index (Phi) is 3.57. The van der Waals surface area contributed by atoms with E-state index in [-0.39, 0.29) is 0 Å². The largest absolute Gasteiger partial charge is 0.316 e. The zero-order valence-corrected chi connectivity index (χ0v) is 7.23. The summed E-state index contributed by atoms with van der Waals surface area (Å²) < 4.78 is 0. The Morgan fingerprint density at radius 1 is 1.64 bits per heavy atom. The normalized spacial score (nSPS) is 25.5. The molecule has 1 aliphatic rings. The van der Waals surface area contributed by atoms with Crippen LogP contribution in [0.4, 0.5) is 0 Å². The first-order valence-electron chi connectivity index (χ1n) is 4.58. The van der Waals surface area contributed by atoms with E-state index in [1.807, 2.05) is 0 Å². The Labute approximate surface area is 68.4 Å². The van der Waals surface area contributed by atoms with E-state index in [4.69, 9.17) is 0 Å². The quantitative estimate of drug-likeness (QED) is 0.666. The first-order valence-corrected chi connectivity index (χ1v) is 4.58. The van der Waals surface area contributed by atoms with Crippen molar-refractivity contribution in [3.8, 4) is 0 Å². The maximum absolute atomic E-state index is 11.3. The topological polar surface area (TPSA) is 29.1 Å². The van der Waals surface area contributed by atoms with Crippen molar-refractivity contribution in [2.75, 3.05) is 13.1 Å². The molecule has 0 spiro atoms. The molecule has 0 aromatic heterocycles. The second-order valence-electron chi connectivity index (χ2n) is 3.26. The summed E-state index contributed by atoms with van der Waals surface area (Å²) >= 11 is 0. The third kappa shape index (κ3) is 2.62. The minimum absolute atomic E-state index is 0.323. The van der Waals surface area contributed by atoms with Gasteiger partial charge in [-0.25, -0.2) is 0 Å². The van der Waals surface area contributed by atoms with Crippen LogP contribution in [-0.2, 0) is 4.79 Å². The first-order chi connectivity index (χ1) is 5.34. The van der Waals surface area contributed by atoms with E-state index in [0.29, 0.717) is 11.7 Å². The van der Waals surface area contributed by atoms with E-state index in [2.05, 4.69) is 12.2 Å². The van der Waals surface area contributed by atoms with Crippen molar-refractivity contribution in [2.24, 2.45) is 5.92 Å². The maximum Gasteiger partial charge on any atom is 0.138 e. The summed E-state index contributed by atoms with van der Waals surface area (Å²) in [5.41, 5.74) is 0. The molecule has 0 bridgehead atoms. The Hall–Kier alpha value is -0.370. The van der Waals surface area contributed by atoms with Gasteiger partial charge < -0.3 is 5.32 Å². The second kappa shape index (κ2) is 4.50. The van der Waals surface area contributed by atoms with Crippen molar-refractivity contribution in [1.29, 1.82) is 0 Å². The van der Waals surface area contributed by atoms with Crippen LogP contribution in [0.25, 0.3) is 0 Å². The molecule has 0 aliphatic carbocycles. The number of nitrogens with one attached hydrogen (secondary N) is 1. The number of hydrogen-bond acceptors (Lipinski definition) is 2. The molecule has 1 fully saturated rings. The van der Waals surface area contributed by atoms with E-state index in [0.717, 1.165) is 25.9 Å². The number of carbonyl (C=O) groups is 1. The van der Waals surface area contributed by atoms with E-state index in [1.165, 1.54) is 12.8 Å². The summed E-state index contributed by atoms with van der Waals surface area (Å²) in [6, 6.07) is 0. The zero-order valence-electron chi connectivity index (χ0n) is 7.23. The zero-order chi connectivity index (χ0) is 8.10. The molecule has 1 heterocycles. The molecule has 1 rings (SSSR count). The highest BCUT2D eigenvalue weighted by atomic mass is 16.1. The third-order valence-electron chi connectivity index (χ3n) is 2.30. The Bertz CT molecular complexity index is 134. The van der Waals surface area contributed by atoms with Gasteiger partial charge >= 0.3 is 0 Å². The predicted octanol–water partition coefficient (Wildman–Crippen LogP) is 1.36. The summed E-state index contributed by atoms with van der Waals surface area (Å²) in [7, 11) is 0. The lowest BCUT2D eigenvalue weighted by Crippen LogP contribution is -2.36. The van der Waals surface area contributed by atoms with Gasteiger partial charge in [0.05, 0.1) is 0 Å². The van der Waals surface area contributed by atoms with E-state index in [1.54, 1.807) is 0 Å². The highest BCUT2D eigenvalue weighted by Crippen LogP contribution is 2.13. The molecule has 0 unspecified atom stereocenters. The van der Waals surface area contributed by atoms with Crippen LogP contribution in [0.2, 0.25) is 0 Å². The molecule has 0 aromatic carbocycles. The third-order valence-corrected chi connectivity index (χ3v) is 2.30. The molecular weight excluding hydrogens is 138 g/mol. The highest BCUT2D eigenvalue weighted by Gasteiger charge is 2.20. The van der Waals surface area contributed by atoms with Gasteiger partial charge in [-0.15, -0.1) is 0 Å². The van der Waals surface area contributed by atoms with Crippen molar-refractivity contribution in [3.05, 3.63) is 0 Å². The molecule has 0 radical (unpaired) electrons. The van der Waals surface area contributed by atoms with Crippen molar-refractivity contribution in [2.45, 2.75) is 32.6 Å². The van der Waals surface area contributed by atoms with Crippen LogP contribution in [-0.4, -0.2) is 18.9 Å². The molecule has 1 saturated heterocycles. The molecule has 1 N–H and O–H groups in total. The van der Waals surface area contributed by atoms with Gasteiger partial charge in [0.1, 0.15) is 5.78 Å². The minimum atomic E-state index is 0.323. The SMILES string of the molecule is CCCC[C@@H]1CNCCC1=O. The van der Waals surface area contributed by atoms with Crippen LogP contribution < -0.4 is 5.32 Å². The van der Waals surface area contributed by atoms with Gasteiger partial charge in [-0.2, -0.15) is 0 Å². The van der Waals surface area contributed by atoms with Crippen LogP contribution in [0, 0.1) is 5.92 Å². The maximum atomic E-state index is 11.3. The van der Waals surface area contributed by atoms with Gasteiger partial charge in [-0.05, 0) is 6.42 Å². The minimum Gasteiger partial charge on any atom is -0.316 e. The smallest absolute Gasteiger partial charge is 0.138 e. The van der Waals surface area contributed by atoms with E-state index >= 15 is 0 Å². The summed E-state index contributed by atoms with van der Waals surface area (Å²) in [6.07, 6.45) is 4.22. The van der Waals surface area contributed by atoms with Crippen LogP contribution in [0.3, 0.4) is 0 Å². The van der Waals surface area contributed by atoms with Gasteiger partial charge in [-0.1, -0.05) is 19.8 Å². The monoisotopic (exact) mass is 155 g/mol. The van der Waals surface area contributed by atoms with Crippen LogP contribution in [0.1, 0.15) is 32.6 Å². The standard InChI is InChI=1S/C9H17NO/c1-2-3-4-8-7-10-6-5-9(8)11/h8,10H,2-7H2,1H3/t8-/m1/s1. The summed E-state index contributed by atoms with van der Waals surface area (Å²) in [5, 5.41) is 3.25. The van der Waals surface area contributed by atoms with Crippen molar-refractivity contribution in [3.63, 3.8) is 0 Å². The van der Waals surface area contributed by atoms with Crippen molar-refractivity contribution >= 4 is 5.78 Å². The van der Waals surface area contributed by atoms with Gasteiger partial charge in [0.2, 0.25) is 0 Å². The second-order valence-corrected chi connectivity index (χ2v) is 3.26. The average molecular weight is 155 g/mol. The molecule has 11 heavy (non-hydrogen) atoms. The fraction of sp³-hybridized carbons (Fsp3) is 0.889. The molecule has 0 aromatic rings. The molecule has 0 amide bonds. The predicted molar refractivity (Wildman–Crippen MR) is 45.5 cm³/mol. The Morgan fingerprint density at radius 3 is 3.09 bits per heavy atom. The van der Waals surface area contributed by atoms with Crippen LogP contribution in [0.15, 0.2) is 0 Å². The number of carbonyl (C=O) groups excluding carboxylic acids is 1. The lowest BCUT2D eigenvalue weighted by atomic mass is 9.93. The summed E-state index contributed by atoms with van der Waals surface area (Å²) in [6.45, 7) is 3.97. The fourth-order valence-corrected chi connectivity index (χ4v) is 1.52. The van der Waals surface area contributed by atoms with Gasteiger partial charge in [0.15, 0.2) is 0 Å². The van der Waals surface area contributed by atoms with Crippen molar-refractivity contribution < 1.29 is 4.79 Å². The van der Waals surface area contributed by atoms with Crippen LogP contribution >= 0.6 is 0 Å². The van der Waals surface area contributed by atoms with Gasteiger partial charge in [0, 0.05) is 25.4 Å². The average Bonchev–Trinajstić information content (AvgIpc) is 2.03.